The van der Waals surface area contributed by atoms with Crippen LogP contribution in [0.25, 0.3) is 10.9 Å². The number of rotatable bonds is 8. The molecule has 0 radical (unpaired) electrons. The van der Waals surface area contributed by atoms with Crippen molar-refractivity contribution in [1.29, 1.82) is 0 Å². The molecule has 0 aliphatic carbocycles. The Labute approximate surface area is 236 Å². The van der Waals surface area contributed by atoms with Crippen LogP contribution in [0.5, 0.6) is 17.2 Å². The summed E-state index contributed by atoms with van der Waals surface area (Å²) in [4.78, 5) is 9.71. The zero-order valence-electron chi connectivity index (χ0n) is 23.9. The zero-order valence-corrected chi connectivity index (χ0v) is 24.7. The molecule has 2 saturated heterocycles. The van der Waals surface area contributed by atoms with Crippen molar-refractivity contribution in [2.45, 2.75) is 36.1 Å². The molecule has 0 spiro atoms. The minimum atomic E-state index is -3.91. The summed E-state index contributed by atoms with van der Waals surface area (Å²) in [5, 5.41) is 0.708. The van der Waals surface area contributed by atoms with Crippen molar-refractivity contribution >= 4 is 26.4 Å². The lowest BCUT2D eigenvalue weighted by atomic mass is 9.90. The molecule has 5 rings (SSSR count). The van der Waals surface area contributed by atoms with Crippen LogP contribution in [0, 0.1) is 11.8 Å². The van der Waals surface area contributed by atoms with Gasteiger partial charge < -0.3 is 23.8 Å². The standard InChI is InChI=1S/C30H39N3O6S/c1-20(2)17-32-12-13-39-19-21-18-33(11-10-26(21)32)30-24-14-27(37-4)28(38-5)15-25(24)31-16-29(30)40(34,35)23-8-6-22(36-3)7-9-23/h6-9,14-16,20-21,26H,10-13,17-19H2,1-5H3. The van der Waals surface area contributed by atoms with Crippen LogP contribution in [0.15, 0.2) is 52.4 Å². The second-order valence-corrected chi connectivity index (χ2v) is 12.8. The molecule has 0 saturated carbocycles. The van der Waals surface area contributed by atoms with Crippen LogP contribution < -0.4 is 19.1 Å². The Morgan fingerprint density at radius 3 is 2.42 bits per heavy atom. The van der Waals surface area contributed by atoms with Gasteiger partial charge in [-0.25, -0.2) is 8.42 Å². The average molecular weight is 570 g/mol. The van der Waals surface area contributed by atoms with E-state index in [2.05, 4.69) is 28.6 Å². The van der Waals surface area contributed by atoms with Crippen molar-refractivity contribution in [2.24, 2.45) is 11.8 Å². The van der Waals surface area contributed by atoms with E-state index in [1.807, 2.05) is 6.07 Å². The molecule has 3 heterocycles. The second-order valence-electron chi connectivity index (χ2n) is 10.9. The van der Waals surface area contributed by atoms with E-state index in [-0.39, 0.29) is 15.7 Å². The van der Waals surface area contributed by atoms with Gasteiger partial charge in [0.15, 0.2) is 11.5 Å². The van der Waals surface area contributed by atoms with Gasteiger partial charge in [-0.1, -0.05) is 13.8 Å². The highest BCUT2D eigenvalue weighted by atomic mass is 32.2. The van der Waals surface area contributed by atoms with Gasteiger partial charge in [-0.3, -0.25) is 9.88 Å². The lowest BCUT2D eigenvalue weighted by Crippen LogP contribution is -2.52. The first-order valence-electron chi connectivity index (χ1n) is 13.8. The highest BCUT2D eigenvalue weighted by Crippen LogP contribution is 2.42. The molecule has 9 nitrogen and oxygen atoms in total. The number of aromatic nitrogens is 1. The van der Waals surface area contributed by atoms with Crippen molar-refractivity contribution in [3.05, 3.63) is 42.6 Å². The SMILES string of the molecule is COc1ccc(S(=O)(=O)c2cnc3cc(OC)c(OC)cc3c2N2CCC3C(COCCN3CC(C)C)C2)cc1. The summed E-state index contributed by atoms with van der Waals surface area (Å²) in [5.74, 6) is 2.46. The third-order valence-corrected chi connectivity index (χ3v) is 9.67. The van der Waals surface area contributed by atoms with E-state index in [4.69, 9.17) is 18.9 Å². The van der Waals surface area contributed by atoms with Crippen LogP contribution in [0.2, 0.25) is 0 Å². The molecule has 2 unspecified atom stereocenters. The molecule has 0 N–H and O–H groups in total. The van der Waals surface area contributed by atoms with E-state index in [9.17, 15) is 8.42 Å². The molecular formula is C30H39N3O6S. The Bertz CT molecular complexity index is 1440. The number of piperidine rings is 1. The summed E-state index contributed by atoms with van der Waals surface area (Å²) >= 11 is 0. The Morgan fingerprint density at radius 1 is 1.02 bits per heavy atom. The molecule has 2 atom stereocenters. The molecule has 2 aromatic carbocycles. The Morgan fingerprint density at radius 2 is 1.75 bits per heavy atom. The van der Waals surface area contributed by atoms with Crippen molar-refractivity contribution in [3.63, 3.8) is 0 Å². The first-order valence-corrected chi connectivity index (χ1v) is 15.3. The van der Waals surface area contributed by atoms with Crippen molar-refractivity contribution in [1.82, 2.24) is 9.88 Å². The van der Waals surface area contributed by atoms with Crippen LogP contribution in [-0.2, 0) is 14.6 Å². The van der Waals surface area contributed by atoms with E-state index in [1.165, 1.54) is 6.20 Å². The molecule has 3 aromatic rings. The number of pyridine rings is 1. The minimum Gasteiger partial charge on any atom is -0.497 e. The first kappa shape index (κ1) is 28.4. The third-order valence-electron chi connectivity index (χ3n) is 7.90. The van der Waals surface area contributed by atoms with Gasteiger partial charge in [0, 0.05) is 55.8 Å². The predicted octanol–water partition coefficient (Wildman–Crippen LogP) is 4.28. The number of methoxy groups -OCH3 is 3. The van der Waals surface area contributed by atoms with E-state index in [0.717, 1.165) is 19.5 Å². The van der Waals surface area contributed by atoms with Gasteiger partial charge in [0.2, 0.25) is 9.84 Å². The first-order chi connectivity index (χ1) is 19.3. The fourth-order valence-corrected chi connectivity index (χ4v) is 7.47. The number of anilines is 1. The van der Waals surface area contributed by atoms with Crippen LogP contribution in [0.1, 0.15) is 20.3 Å². The predicted molar refractivity (Wildman–Crippen MR) is 155 cm³/mol. The Balaban J connectivity index is 1.63. The monoisotopic (exact) mass is 569 g/mol. The maximum absolute atomic E-state index is 14.1. The number of benzene rings is 2. The van der Waals surface area contributed by atoms with Gasteiger partial charge in [-0.05, 0) is 42.7 Å². The van der Waals surface area contributed by atoms with Crippen LogP contribution in [-0.4, -0.2) is 85.1 Å². The molecule has 2 fully saturated rings. The molecule has 2 aliphatic heterocycles. The maximum atomic E-state index is 14.1. The van der Waals surface area contributed by atoms with Crippen LogP contribution in [0.4, 0.5) is 5.69 Å². The van der Waals surface area contributed by atoms with Crippen molar-refractivity contribution < 1.29 is 27.4 Å². The maximum Gasteiger partial charge on any atom is 0.210 e. The quantitative estimate of drug-likeness (QED) is 0.394. The van der Waals surface area contributed by atoms with E-state index < -0.39 is 9.84 Å². The van der Waals surface area contributed by atoms with E-state index >= 15 is 0 Å². The minimum absolute atomic E-state index is 0.171. The number of hydrogen-bond donors (Lipinski definition) is 0. The molecule has 1 aromatic heterocycles. The highest BCUT2D eigenvalue weighted by Gasteiger charge is 2.38. The smallest absolute Gasteiger partial charge is 0.210 e. The van der Waals surface area contributed by atoms with Gasteiger partial charge >= 0.3 is 0 Å². The number of fused-ring (bicyclic) bond motifs is 2. The lowest BCUT2D eigenvalue weighted by molar-refractivity contribution is 0.107. The summed E-state index contributed by atoms with van der Waals surface area (Å²) in [6.45, 7) is 9.20. The lowest BCUT2D eigenvalue weighted by Gasteiger charge is -2.44. The van der Waals surface area contributed by atoms with E-state index in [1.54, 1.807) is 51.7 Å². The fourth-order valence-electron chi connectivity index (χ4n) is 6.04. The summed E-state index contributed by atoms with van der Waals surface area (Å²) < 4.78 is 50.7. The second kappa shape index (κ2) is 11.8. The van der Waals surface area contributed by atoms with Gasteiger partial charge in [-0.2, -0.15) is 0 Å². The van der Waals surface area contributed by atoms with Crippen molar-refractivity contribution in [2.75, 3.05) is 65.6 Å². The Kier molecular flexibility index (Phi) is 8.39. The molecule has 2 aliphatic rings. The molecule has 216 valence electrons. The normalized spacial score (nSPS) is 20.3. The average Bonchev–Trinajstić information content (AvgIpc) is 3.16. The molecule has 0 bridgehead atoms. The summed E-state index contributed by atoms with van der Waals surface area (Å²) in [7, 11) is 0.800. The highest BCUT2D eigenvalue weighted by molar-refractivity contribution is 7.91. The van der Waals surface area contributed by atoms with Gasteiger partial charge in [0.1, 0.15) is 10.6 Å². The molecular weight excluding hydrogens is 530 g/mol. The third kappa shape index (κ3) is 5.44. The molecule has 40 heavy (non-hydrogen) atoms. The summed E-state index contributed by atoms with van der Waals surface area (Å²) in [6, 6.07) is 10.5. The zero-order chi connectivity index (χ0) is 28.4. The van der Waals surface area contributed by atoms with Crippen molar-refractivity contribution in [3.8, 4) is 17.2 Å². The molecule has 10 heteroatoms. The fraction of sp³-hybridized carbons (Fsp3) is 0.500. The van der Waals surface area contributed by atoms with Gasteiger partial charge in [0.05, 0.1) is 50.6 Å². The topological polar surface area (TPSA) is 90.4 Å². The molecule has 0 amide bonds. The Hall–Kier alpha value is -3.08. The number of ether oxygens (including phenoxy) is 4. The largest absolute Gasteiger partial charge is 0.497 e. The van der Waals surface area contributed by atoms with Gasteiger partial charge in [-0.15, -0.1) is 0 Å². The number of nitrogens with zero attached hydrogens (tertiary/aromatic N) is 3. The summed E-state index contributed by atoms with van der Waals surface area (Å²) in [5.41, 5.74) is 1.28. The van der Waals surface area contributed by atoms with Crippen LogP contribution >= 0.6 is 0 Å². The number of sulfone groups is 1. The number of hydrogen-bond acceptors (Lipinski definition) is 9. The van der Waals surface area contributed by atoms with Crippen LogP contribution in [0.3, 0.4) is 0 Å². The van der Waals surface area contributed by atoms with Gasteiger partial charge in [0.25, 0.3) is 0 Å². The van der Waals surface area contributed by atoms with E-state index in [0.29, 0.717) is 72.1 Å². The summed E-state index contributed by atoms with van der Waals surface area (Å²) in [6.07, 6.45) is 2.39.